The fourth-order valence-corrected chi connectivity index (χ4v) is 12.3. The molecule has 3 N–H and O–H groups in total. The van der Waals surface area contributed by atoms with Crippen LogP contribution in [0.5, 0.6) is 11.5 Å². The molecular weight excluding hydrogens is 989 g/mol. The van der Waals surface area contributed by atoms with Crippen molar-refractivity contribution in [1.29, 1.82) is 0 Å². The highest BCUT2D eigenvalue weighted by molar-refractivity contribution is 7.98. The van der Waals surface area contributed by atoms with Crippen LogP contribution in [0.1, 0.15) is 93.6 Å². The van der Waals surface area contributed by atoms with Crippen LogP contribution in [0.4, 0.5) is 0 Å². The smallest absolute Gasteiger partial charge is 0.344 e. The minimum absolute atomic E-state index is 0.198. The van der Waals surface area contributed by atoms with Crippen LogP contribution in [0.15, 0.2) is 153 Å². The van der Waals surface area contributed by atoms with Crippen molar-refractivity contribution in [1.82, 2.24) is 9.44 Å². The SMILES string of the molecule is CSc1cccc(-c2ccc(S(=O)(=O)NC3CCCCc4c(OCC(=O)O)cccc43)cc2)c1.CSc1cccc(-c2ccc(S(=O)(=O)NC3CCCCc4c(OCC(=O)OC(C)(C)C)cccc43)cc2)c1. The van der Waals surface area contributed by atoms with E-state index in [1.165, 1.54) is 0 Å². The molecule has 6 aromatic rings. The van der Waals surface area contributed by atoms with Crippen LogP contribution >= 0.6 is 23.5 Å². The van der Waals surface area contributed by atoms with E-state index in [4.69, 9.17) is 19.3 Å². The van der Waals surface area contributed by atoms with Gasteiger partial charge in [0.05, 0.1) is 9.79 Å². The number of hydrogen-bond donors (Lipinski definition) is 3. The largest absolute Gasteiger partial charge is 0.482 e. The van der Waals surface area contributed by atoms with Crippen molar-refractivity contribution in [3.05, 3.63) is 156 Å². The van der Waals surface area contributed by atoms with E-state index in [9.17, 15) is 26.4 Å². The Bertz CT molecular complexity index is 3070. The number of benzene rings is 6. The minimum Gasteiger partial charge on any atom is -0.482 e. The molecule has 0 heterocycles. The highest BCUT2D eigenvalue weighted by Gasteiger charge is 2.29. The van der Waals surface area contributed by atoms with Gasteiger partial charge >= 0.3 is 11.9 Å². The molecule has 0 saturated heterocycles. The topological polar surface area (TPSA) is 174 Å². The van der Waals surface area contributed by atoms with Crippen LogP contribution < -0.4 is 18.9 Å². The zero-order valence-corrected chi connectivity index (χ0v) is 44.4. The molecule has 0 spiro atoms. The first-order valence-corrected chi connectivity index (χ1v) is 29.3. The fraction of sp³-hybridized carbons (Fsp3) is 0.321. The van der Waals surface area contributed by atoms with Crippen LogP contribution in [0.25, 0.3) is 22.3 Å². The van der Waals surface area contributed by atoms with E-state index in [-0.39, 0.29) is 22.4 Å². The van der Waals surface area contributed by atoms with Gasteiger partial charge in [0.1, 0.15) is 17.1 Å². The number of esters is 1. The molecule has 0 bridgehead atoms. The number of carboxylic acid groups (broad SMARTS) is 1. The average molecular weight is 1050 g/mol. The molecular formula is C56H62N2O10S4. The summed E-state index contributed by atoms with van der Waals surface area (Å²) in [5.74, 6) is -0.393. The lowest BCUT2D eigenvalue weighted by Crippen LogP contribution is -2.29. The summed E-state index contributed by atoms with van der Waals surface area (Å²) in [6.07, 6.45) is 10.4. The van der Waals surface area contributed by atoms with E-state index >= 15 is 0 Å². The lowest BCUT2D eigenvalue weighted by atomic mass is 9.99. The number of carbonyl (C=O) groups is 2. The van der Waals surface area contributed by atoms with Crippen molar-refractivity contribution >= 4 is 55.5 Å². The molecule has 2 atom stereocenters. The number of carbonyl (C=O) groups excluding carboxylic acids is 1. The van der Waals surface area contributed by atoms with Crippen molar-refractivity contribution in [3.63, 3.8) is 0 Å². The normalized spacial score (nSPS) is 15.8. The molecule has 12 nitrogen and oxygen atoms in total. The second kappa shape index (κ2) is 24.4. The van der Waals surface area contributed by atoms with E-state index in [1.807, 2.05) is 112 Å². The Balaban J connectivity index is 0.000000213. The number of rotatable bonds is 16. The Morgan fingerprint density at radius 1 is 0.569 bits per heavy atom. The summed E-state index contributed by atoms with van der Waals surface area (Å²) in [5, 5.41) is 8.97. The van der Waals surface area contributed by atoms with E-state index < -0.39 is 50.2 Å². The summed E-state index contributed by atoms with van der Waals surface area (Å²) >= 11 is 3.33. The molecule has 6 aromatic carbocycles. The molecule has 2 aliphatic rings. The van der Waals surface area contributed by atoms with Crippen molar-refractivity contribution in [2.24, 2.45) is 0 Å². The zero-order valence-electron chi connectivity index (χ0n) is 41.2. The first-order valence-electron chi connectivity index (χ1n) is 23.9. The molecule has 8 rings (SSSR count). The van der Waals surface area contributed by atoms with Crippen LogP contribution in [0, 0.1) is 0 Å². The number of sulfonamides is 2. The summed E-state index contributed by atoms with van der Waals surface area (Å²) in [7, 11) is -7.52. The molecule has 2 unspecified atom stereocenters. The van der Waals surface area contributed by atoms with Crippen molar-refractivity contribution in [2.45, 2.75) is 109 Å². The summed E-state index contributed by atoms with van der Waals surface area (Å²) in [6.45, 7) is 4.81. The number of hydrogen-bond acceptors (Lipinski definition) is 11. The summed E-state index contributed by atoms with van der Waals surface area (Å²) < 4.78 is 75.8. The summed E-state index contributed by atoms with van der Waals surface area (Å²) in [5.41, 5.74) is 6.95. The third kappa shape index (κ3) is 14.5. The highest BCUT2D eigenvalue weighted by atomic mass is 32.2. The Kier molecular flexibility index (Phi) is 18.4. The van der Waals surface area contributed by atoms with Crippen LogP contribution in [-0.4, -0.2) is 65.2 Å². The Hall–Kier alpha value is -5.62. The van der Waals surface area contributed by atoms with Gasteiger partial charge in [-0.2, -0.15) is 0 Å². The van der Waals surface area contributed by atoms with Gasteiger partial charge in [0.25, 0.3) is 0 Å². The molecule has 16 heteroatoms. The second-order valence-corrected chi connectivity index (χ2v) is 23.7. The monoisotopic (exact) mass is 1050 g/mol. The lowest BCUT2D eigenvalue weighted by molar-refractivity contribution is -0.157. The van der Waals surface area contributed by atoms with Gasteiger partial charge in [0, 0.05) is 21.9 Å². The predicted molar refractivity (Wildman–Crippen MR) is 286 cm³/mol. The molecule has 72 heavy (non-hydrogen) atoms. The van der Waals surface area contributed by atoms with E-state index in [2.05, 4.69) is 27.6 Å². The third-order valence-electron chi connectivity index (χ3n) is 12.3. The first-order chi connectivity index (χ1) is 34.4. The fourth-order valence-electron chi connectivity index (χ4n) is 8.90. The van der Waals surface area contributed by atoms with Gasteiger partial charge in [-0.1, -0.05) is 85.6 Å². The van der Waals surface area contributed by atoms with Crippen LogP contribution in [0.2, 0.25) is 0 Å². The van der Waals surface area contributed by atoms with Gasteiger partial charge < -0.3 is 19.3 Å². The quantitative estimate of drug-likeness (QED) is 0.0476. The van der Waals surface area contributed by atoms with Gasteiger partial charge in [-0.15, -0.1) is 23.5 Å². The second-order valence-electron chi connectivity index (χ2n) is 18.6. The van der Waals surface area contributed by atoms with Gasteiger partial charge in [0.15, 0.2) is 13.2 Å². The average Bonchev–Trinajstić information content (AvgIpc) is 3.70. The van der Waals surface area contributed by atoms with Crippen molar-refractivity contribution < 1.29 is 45.7 Å². The minimum atomic E-state index is -3.76. The van der Waals surface area contributed by atoms with Gasteiger partial charge in [-0.05, 0) is 177 Å². The Labute approximate surface area is 432 Å². The van der Waals surface area contributed by atoms with Gasteiger partial charge in [-0.3, -0.25) is 0 Å². The zero-order chi connectivity index (χ0) is 51.5. The number of aliphatic carboxylic acids is 1. The molecule has 0 fully saturated rings. The highest BCUT2D eigenvalue weighted by Crippen LogP contribution is 2.38. The van der Waals surface area contributed by atoms with E-state index in [0.29, 0.717) is 30.8 Å². The standard InChI is InChI=1S/C30H35NO5S2.C26H27NO5S2/c1-30(2,3)36-29(32)20-35-28-14-8-12-25-26(28)11-5-6-13-27(25)31-38(33,34)24-17-15-21(16-18-24)22-9-7-10-23(19-22)37-4;1-33-20-7-4-6-19(16-20)18-12-14-21(15-13-18)34(30,31)27-24-10-3-2-8-23-22(24)9-5-11-25(23)32-17-26(28)29/h7-10,12,14-19,27,31H,5-6,11,13,20H2,1-4H3;4-7,9,11-16,24,27H,2-3,8,10,17H2,1H3,(H,28,29). The Morgan fingerprint density at radius 2 is 0.986 bits per heavy atom. The maximum absolute atomic E-state index is 13.4. The molecule has 0 aromatic heterocycles. The van der Waals surface area contributed by atoms with Gasteiger partial charge in [-0.25, -0.2) is 35.9 Å². The number of fused-ring (bicyclic) bond motifs is 2. The third-order valence-corrected chi connectivity index (χ3v) is 16.7. The number of nitrogens with one attached hydrogen (secondary N) is 2. The van der Waals surface area contributed by atoms with E-state index in [1.54, 1.807) is 59.9 Å². The first kappa shape index (κ1) is 54.2. The predicted octanol–water partition coefficient (Wildman–Crippen LogP) is 11.8. The maximum atomic E-state index is 13.4. The molecule has 380 valence electrons. The number of carboxylic acids is 1. The molecule has 0 amide bonds. The number of thioether (sulfide) groups is 2. The van der Waals surface area contributed by atoms with E-state index in [0.717, 1.165) is 86.4 Å². The maximum Gasteiger partial charge on any atom is 0.344 e. The lowest BCUT2D eigenvalue weighted by Gasteiger charge is -2.22. The molecule has 0 radical (unpaired) electrons. The molecule has 0 saturated carbocycles. The van der Waals surface area contributed by atoms with Crippen molar-refractivity contribution in [3.8, 4) is 33.8 Å². The summed E-state index contributed by atoms with van der Waals surface area (Å²) in [4.78, 5) is 25.9. The van der Waals surface area contributed by atoms with Crippen LogP contribution in [-0.2, 0) is 47.2 Å². The number of ether oxygens (including phenoxy) is 3. The van der Waals surface area contributed by atoms with Crippen LogP contribution in [0.3, 0.4) is 0 Å². The van der Waals surface area contributed by atoms with Crippen molar-refractivity contribution in [2.75, 3.05) is 25.7 Å². The summed E-state index contributed by atoms with van der Waals surface area (Å²) in [6, 6.07) is 40.4. The molecule has 2 aliphatic carbocycles. The van der Waals surface area contributed by atoms with Gasteiger partial charge in [0.2, 0.25) is 20.0 Å². The molecule has 0 aliphatic heterocycles. The Morgan fingerprint density at radius 3 is 1.39 bits per heavy atom.